The van der Waals surface area contributed by atoms with Crippen molar-refractivity contribution in [1.82, 2.24) is 4.72 Å². The zero-order chi connectivity index (χ0) is 11.5. The van der Waals surface area contributed by atoms with Crippen molar-refractivity contribution in [2.24, 2.45) is 0 Å². The van der Waals surface area contributed by atoms with E-state index in [2.05, 4.69) is 4.72 Å². The lowest BCUT2D eigenvalue weighted by Crippen LogP contribution is -2.27. The van der Waals surface area contributed by atoms with Gasteiger partial charge in [-0.15, -0.1) is 11.6 Å². The highest BCUT2D eigenvalue weighted by Gasteiger charge is 2.13. The van der Waals surface area contributed by atoms with Gasteiger partial charge in [0.1, 0.15) is 5.21 Å². The predicted octanol–water partition coefficient (Wildman–Crippen LogP) is 2.17. The van der Waals surface area contributed by atoms with Gasteiger partial charge in [-0.25, -0.2) is 13.1 Å². The third-order valence-corrected chi connectivity index (χ3v) is 3.94. The molecule has 0 amide bonds. The molecule has 0 spiro atoms. The Morgan fingerprint density at radius 3 is 2.33 bits per heavy atom. The van der Waals surface area contributed by atoms with Crippen LogP contribution in [-0.4, -0.2) is 13.6 Å². The van der Waals surface area contributed by atoms with E-state index in [4.69, 9.17) is 11.6 Å². The minimum Gasteiger partial charge on any atom is -0.211 e. The second-order valence-corrected chi connectivity index (χ2v) is 5.81. The van der Waals surface area contributed by atoms with Gasteiger partial charge in [0.25, 0.3) is 0 Å². The molecule has 0 saturated heterocycles. The van der Waals surface area contributed by atoms with Crippen molar-refractivity contribution in [3.05, 3.63) is 35.4 Å². The number of alkyl halides is 1. The average Bonchev–Trinajstić information content (AvgIpc) is 2.18. The van der Waals surface area contributed by atoms with Crippen LogP contribution in [0.25, 0.3) is 0 Å². The number of nitrogens with one attached hydrogen (secondary N) is 1. The normalized spacial score (nSPS) is 13.8. The van der Waals surface area contributed by atoms with E-state index in [0.29, 0.717) is 0 Å². The summed E-state index contributed by atoms with van der Waals surface area (Å²) in [6.45, 7) is 3.77. The largest absolute Gasteiger partial charge is 0.226 e. The van der Waals surface area contributed by atoms with Gasteiger partial charge in [0, 0.05) is 6.04 Å². The molecule has 1 atom stereocenters. The van der Waals surface area contributed by atoms with Crippen LogP contribution < -0.4 is 4.72 Å². The molecule has 0 saturated carbocycles. The Bertz CT molecular complexity index is 414. The minimum atomic E-state index is -3.36. The van der Waals surface area contributed by atoms with Crippen LogP contribution in [-0.2, 0) is 10.0 Å². The van der Waals surface area contributed by atoms with Gasteiger partial charge in [-0.1, -0.05) is 29.8 Å². The second-order valence-electron chi connectivity index (χ2n) is 3.47. The van der Waals surface area contributed by atoms with Gasteiger partial charge >= 0.3 is 0 Å². The smallest absolute Gasteiger partial charge is 0.211 e. The van der Waals surface area contributed by atoms with Crippen molar-refractivity contribution in [3.8, 4) is 0 Å². The third-order valence-electron chi connectivity index (χ3n) is 2.08. The van der Waals surface area contributed by atoms with E-state index in [9.17, 15) is 8.42 Å². The lowest BCUT2D eigenvalue weighted by molar-refractivity contribution is 0.571. The van der Waals surface area contributed by atoms with Gasteiger partial charge in [-0.05, 0) is 19.4 Å². The molecule has 1 rings (SSSR count). The summed E-state index contributed by atoms with van der Waals surface area (Å²) in [4.78, 5) is 0. The number of rotatable bonds is 4. The summed E-state index contributed by atoms with van der Waals surface area (Å²) in [6.07, 6.45) is 0. The fourth-order valence-electron chi connectivity index (χ4n) is 1.22. The van der Waals surface area contributed by atoms with E-state index in [0.717, 1.165) is 11.1 Å². The fourth-order valence-corrected chi connectivity index (χ4v) is 2.15. The molecular formula is C10H14ClNO2S. The van der Waals surface area contributed by atoms with Gasteiger partial charge in [0.15, 0.2) is 0 Å². The molecule has 0 aliphatic rings. The molecule has 0 aliphatic carbocycles. The Labute approximate surface area is 95.5 Å². The van der Waals surface area contributed by atoms with E-state index >= 15 is 0 Å². The van der Waals surface area contributed by atoms with Gasteiger partial charge in [-0.3, -0.25) is 0 Å². The zero-order valence-electron chi connectivity index (χ0n) is 8.70. The van der Waals surface area contributed by atoms with Crippen molar-refractivity contribution < 1.29 is 8.42 Å². The summed E-state index contributed by atoms with van der Waals surface area (Å²) in [5.41, 5.74) is 2.07. The molecule has 0 radical (unpaired) electrons. The number of aryl methyl sites for hydroxylation is 1. The standard InChI is InChI=1S/C10H14ClNO2S/c1-8-3-5-10(6-4-8)9(2)12-15(13,14)7-11/h3-6,9,12H,7H2,1-2H3/t9-/m1/s1. The molecule has 0 aromatic heterocycles. The van der Waals surface area contributed by atoms with Gasteiger partial charge in [-0.2, -0.15) is 0 Å². The van der Waals surface area contributed by atoms with Crippen molar-refractivity contribution in [1.29, 1.82) is 0 Å². The molecular weight excluding hydrogens is 234 g/mol. The van der Waals surface area contributed by atoms with Gasteiger partial charge in [0.05, 0.1) is 0 Å². The lowest BCUT2D eigenvalue weighted by atomic mass is 10.1. The summed E-state index contributed by atoms with van der Waals surface area (Å²) >= 11 is 5.30. The van der Waals surface area contributed by atoms with Crippen molar-refractivity contribution in [2.45, 2.75) is 19.9 Å². The zero-order valence-corrected chi connectivity index (χ0v) is 10.3. The minimum absolute atomic E-state index is 0.255. The molecule has 3 nitrogen and oxygen atoms in total. The molecule has 1 aromatic rings. The summed E-state index contributed by atoms with van der Waals surface area (Å²) in [5.74, 6) is 0. The van der Waals surface area contributed by atoms with Crippen molar-refractivity contribution >= 4 is 21.6 Å². The average molecular weight is 248 g/mol. The quantitative estimate of drug-likeness (QED) is 0.829. The Morgan fingerprint density at radius 1 is 1.33 bits per heavy atom. The molecule has 0 unspecified atom stereocenters. The fraction of sp³-hybridized carbons (Fsp3) is 0.400. The molecule has 84 valence electrons. The lowest BCUT2D eigenvalue weighted by Gasteiger charge is -2.13. The monoisotopic (exact) mass is 247 g/mol. The van der Waals surface area contributed by atoms with Crippen LogP contribution in [0.4, 0.5) is 0 Å². The first kappa shape index (κ1) is 12.5. The summed E-state index contributed by atoms with van der Waals surface area (Å²) < 4.78 is 24.9. The number of sulfonamides is 1. The van der Waals surface area contributed by atoms with Crippen LogP contribution in [0, 0.1) is 6.92 Å². The predicted molar refractivity (Wildman–Crippen MR) is 62.4 cm³/mol. The van der Waals surface area contributed by atoms with Crippen LogP contribution in [0.3, 0.4) is 0 Å². The summed E-state index contributed by atoms with van der Waals surface area (Å²) in [7, 11) is -3.36. The highest BCUT2D eigenvalue weighted by molar-refractivity contribution is 7.90. The Hall–Kier alpha value is -0.580. The maximum atomic E-state index is 11.2. The maximum Gasteiger partial charge on any atom is 0.226 e. The van der Waals surface area contributed by atoms with Crippen LogP contribution in [0.1, 0.15) is 24.1 Å². The van der Waals surface area contributed by atoms with Gasteiger partial charge < -0.3 is 0 Å². The molecule has 1 N–H and O–H groups in total. The third kappa shape index (κ3) is 3.81. The van der Waals surface area contributed by atoms with E-state index in [-0.39, 0.29) is 6.04 Å². The molecule has 5 heteroatoms. The molecule has 15 heavy (non-hydrogen) atoms. The Balaban J connectivity index is 2.78. The number of benzene rings is 1. The first-order valence-electron chi connectivity index (χ1n) is 4.57. The number of hydrogen-bond donors (Lipinski definition) is 1. The van der Waals surface area contributed by atoms with E-state index in [1.807, 2.05) is 31.2 Å². The number of hydrogen-bond acceptors (Lipinski definition) is 2. The SMILES string of the molecule is Cc1ccc([C@@H](C)NS(=O)(=O)CCl)cc1. The summed E-state index contributed by atoms with van der Waals surface area (Å²) in [5, 5.41) is -0.413. The van der Waals surface area contributed by atoms with Crippen LogP contribution >= 0.6 is 11.6 Å². The van der Waals surface area contributed by atoms with Crippen LogP contribution in [0.2, 0.25) is 0 Å². The van der Waals surface area contributed by atoms with Crippen LogP contribution in [0.5, 0.6) is 0 Å². The molecule has 0 aliphatic heterocycles. The van der Waals surface area contributed by atoms with Crippen LogP contribution in [0.15, 0.2) is 24.3 Å². The highest BCUT2D eigenvalue weighted by Crippen LogP contribution is 2.14. The second kappa shape index (κ2) is 4.96. The highest BCUT2D eigenvalue weighted by atomic mass is 35.5. The molecule has 0 bridgehead atoms. The Kier molecular flexibility index (Phi) is 4.13. The van der Waals surface area contributed by atoms with Crippen molar-refractivity contribution in [3.63, 3.8) is 0 Å². The van der Waals surface area contributed by atoms with E-state index < -0.39 is 15.2 Å². The summed E-state index contributed by atoms with van der Waals surface area (Å²) in [6, 6.07) is 7.43. The van der Waals surface area contributed by atoms with Crippen molar-refractivity contribution in [2.75, 3.05) is 5.21 Å². The van der Waals surface area contributed by atoms with Gasteiger partial charge in [0.2, 0.25) is 10.0 Å². The first-order chi connectivity index (χ1) is 6.94. The Morgan fingerprint density at radius 2 is 1.87 bits per heavy atom. The maximum absolute atomic E-state index is 11.2. The molecule has 0 heterocycles. The van der Waals surface area contributed by atoms with E-state index in [1.165, 1.54) is 0 Å². The number of halogens is 1. The topological polar surface area (TPSA) is 46.2 Å². The molecule has 0 fully saturated rings. The molecule has 1 aromatic carbocycles. The first-order valence-corrected chi connectivity index (χ1v) is 6.76. The van der Waals surface area contributed by atoms with E-state index in [1.54, 1.807) is 6.92 Å².